The van der Waals surface area contributed by atoms with Crippen LogP contribution >= 0.6 is 0 Å². The number of hydrogen-bond donors (Lipinski definition) is 1. The quantitative estimate of drug-likeness (QED) is 0.583. The molecule has 0 radical (unpaired) electrons. The van der Waals surface area contributed by atoms with Gasteiger partial charge in [0.15, 0.2) is 5.60 Å². The van der Waals surface area contributed by atoms with E-state index >= 15 is 0 Å². The molecule has 0 aromatic heterocycles. The normalized spacial score (nSPS) is 11.8. The van der Waals surface area contributed by atoms with Gasteiger partial charge in [-0.3, -0.25) is 0 Å². The summed E-state index contributed by atoms with van der Waals surface area (Å²) in [5, 5.41) is 9.06. The molecule has 0 aromatic carbocycles. The molecule has 3 nitrogen and oxygen atoms in total. The van der Waals surface area contributed by atoms with Gasteiger partial charge >= 0.3 is 5.97 Å². The Morgan fingerprint density at radius 2 is 1.90 bits per heavy atom. The van der Waals surface area contributed by atoms with Crippen molar-refractivity contribution in [3.63, 3.8) is 0 Å². The first-order valence-electron chi connectivity index (χ1n) is 3.27. The van der Waals surface area contributed by atoms with E-state index in [4.69, 9.17) is 9.84 Å². The van der Waals surface area contributed by atoms with Crippen molar-refractivity contribution in [2.75, 3.05) is 0 Å². The van der Waals surface area contributed by atoms with Gasteiger partial charge in [0.1, 0.15) is 0 Å². The summed E-state index contributed by atoms with van der Waals surface area (Å²) in [6.45, 7) is 6.28. The summed E-state index contributed by atoms with van der Waals surface area (Å²) < 4.78 is 4.73. The molecule has 3 heteroatoms. The Morgan fingerprint density at radius 3 is 2.00 bits per heavy atom. The van der Waals surface area contributed by atoms with Crippen molar-refractivity contribution in [1.82, 2.24) is 0 Å². The summed E-state index contributed by atoms with van der Waals surface area (Å²) >= 11 is 0. The first kappa shape index (κ1) is 9.43. The molecule has 0 aliphatic rings. The van der Waals surface area contributed by atoms with Crippen molar-refractivity contribution in [3.8, 4) is 0 Å². The molecule has 0 heterocycles. The largest absolute Gasteiger partial charge is 0.461 e. The molecule has 60 valence electrons. The van der Waals surface area contributed by atoms with Crippen LogP contribution in [0, 0.1) is 0 Å². The van der Waals surface area contributed by atoms with Crippen LogP contribution in [0.5, 0.6) is 0 Å². The summed E-state index contributed by atoms with van der Waals surface area (Å²) in [6, 6.07) is 0. The fraction of sp³-hybridized carbons (Fsp3) is 0.857. The van der Waals surface area contributed by atoms with Crippen LogP contribution in [0.4, 0.5) is 0 Å². The van der Waals surface area contributed by atoms with Crippen molar-refractivity contribution in [2.45, 2.75) is 39.4 Å². The summed E-state index contributed by atoms with van der Waals surface area (Å²) in [7, 11) is 0. The molecule has 0 fully saturated rings. The Balaban J connectivity index is 3.87. The van der Waals surface area contributed by atoms with Crippen LogP contribution in [-0.4, -0.2) is 22.8 Å². The predicted octanol–water partition coefficient (Wildman–Crippen LogP) is 0.709. The highest BCUT2D eigenvalue weighted by Gasteiger charge is 2.26. The van der Waals surface area contributed by atoms with E-state index in [0.717, 1.165) is 0 Å². The Kier molecular flexibility index (Phi) is 2.84. The predicted molar refractivity (Wildman–Crippen MR) is 37.5 cm³/mol. The highest BCUT2D eigenvalue weighted by molar-refractivity contribution is 5.78. The third kappa shape index (κ3) is 3.45. The number of carbonyl (C=O) groups excluding carboxylic acids is 1. The first-order chi connectivity index (χ1) is 4.34. The minimum atomic E-state index is -1.37. The molecular formula is C7H14O3. The average molecular weight is 146 g/mol. The highest BCUT2D eigenvalue weighted by atomic mass is 16.6. The maximum atomic E-state index is 10.8. The lowest BCUT2D eigenvalue weighted by Gasteiger charge is -2.17. The van der Waals surface area contributed by atoms with Gasteiger partial charge in [-0.05, 0) is 27.7 Å². The monoisotopic (exact) mass is 146 g/mol. The van der Waals surface area contributed by atoms with Crippen LogP contribution in [0.15, 0.2) is 0 Å². The lowest BCUT2D eigenvalue weighted by Crippen LogP contribution is -2.34. The molecule has 1 N–H and O–H groups in total. The summed E-state index contributed by atoms with van der Waals surface area (Å²) in [6.07, 6.45) is -0.168. The smallest absolute Gasteiger partial charge is 0.337 e. The Bertz CT molecular complexity index is 121. The standard InChI is InChI=1S/C7H14O3/c1-5(2)10-6(8)7(3,4)9/h5,9H,1-4H3. The van der Waals surface area contributed by atoms with Crippen LogP contribution in [0.25, 0.3) is 0 Å². The maximum Gasteiger partial charge on any atom is 0.337 e. The van der Waals surface area contributed by atoms with Gasteiger partial charge in [0, 0.05) is 0 Å². The van der Waals surface area contributed by atoms with Gasteiger partial charge in [-0.1, -0.05) is 0 Å². The number of rotatable bonds is 2. The van der Waals surface area contributed by atoms with E-state index in [1.54, 1.807) is 13.8 Å². The second kappa shape index (κ2) is 3.01. The molecule has 0 bridgehead atoms. The molecule has 0 saturated heterocycles. The fourth-order valence-corrected chi connectivity index (χ4v) is 0.358. The van der Waals surface area contributed by atoms with E-state index < -0.39 is 11.6 Å². The summed E-state index contributed by atoms with van der Waals surface area (Å²) in [4.78, 5) is 10.8. The minimum Gasteiger partial charge on any atom is -0.461 e. The third-order valence-corrected chi connectivity index (χ3v) is 0.842. The molecule has 10 heavy (non-hydrogen) atoms. The maximum absolute atomic E-state index is 10.8. The summed E-state index contributed by atoms with van der Waals surface area (Å²) in [5.74, 6) is -0.581. The molecular weight excluding hydrogens is 132 g/mol. The lowest BCUT2D eigenvalue weighted by atomic mass is 10.1. The van der Waals surface area contributed by atoms with Crippen LogP contribution in [0.2, 0.25) is 0 Å². The highest BCUT2D eigenvalue weighted by Crippen LogP contribution is 2.05. The van der Waals surface area contributed by atoms with Crippen molar-refractivity contribution in [1.29, 1.82) is 0 Å². The van der Waals surface area contributed by atoms with E-state index in [-0.39, 0.29) is 6.10 Å². The molecule has 0 rings (SSSR count). The molecule has 0 saturated carbocycles. The third-order valence-electron chi connectivity index (χ3n) is 0.842. The Morgan fingerprint density at radius 1 is 1.50 bits per heavy atom. The van der Waals surface area contributed by atoms with Crippen molar-refractivity contribution in [2.24, 2.45) is 0 Å². The van der Waals surface area contributed by atoms with Crippen LogP contribution < -0.4 is 0 Å². The minimum absolute atomic E-state index is 0.168. The molecule has 0 spiro atoms. The average Bonchev–Trinajstić information content (AvgIpc) is 1.60. The van der Waals surface area contributed by atoms with Gasteiger partial charge in [0.2, 0.25) is 0 Å². The zero-order valence-electron chi connectivity index (χ0n) is 6.84. The second-order valence-corrected chi connectivity index (χ2v) is 3.01. The van der Waals surface area contributed by atoms with E-state index in [9.17, 15) is 4.79 Å². The zero-order valence-corrected chi connectivity index (χ0v) is 6.84. The van der Waals surface area contributed by atoms with Gasteiger partial charge in [0.25, 0.3) is 0 Å². The number of hydrogen-bond acceptors (Lipinski definition) is 3. The molecule has 0 aromatic rings. The lowest BCUT2D eigenvalue weighted by molar-refractivity contribution is -0.165. The van der Waals surface area contributed by atoms with Crippen LogP contribution in [-0.2, 0) is 9.53 Å². The van der Waals surface area contributed by atoms with Gasteiger partial charge in [-0.25, -0.2) is 4.79 Å². The Hall–Kier alpha value is -0.570. The van der Waals surface area contributed by atoms with E-state index in [2.05, 4.69) is 0 Å². The van der Waals surface area contributed by atoms with Gasteiger partial charge in [0.05, 0.1) is 6.10 Å². The molecule has 0 aliphatic carbocycles. The first-order valence-corrected chi connectivity index (χ1v) is 3.27. The number of ether oxygens (including phenoxy) is 1. The molecule has 0 amide bonds. The Labute approximate surface area is 61.0 Å². The van der Waals surface area contributed by atoms with E-state index in [1.807, 2.05) is 0 Å². The molecule has 0 aliphatic heterocycles. The van der Waals surface area contributed by atoms with Gasteiger partial charge in [-0.2, -0.15) is 0 Å². The van der Waals surface area contributed by atoms with Crippen LogP contribution in [0.3, 0.4) is 0 Å². The van der Waals surface area contributed by atoms with Crippen molar-refractivity contribution in [3.05, 3.63) is 0 Å². The zero-order chi connectivity index (χ0) is 8.36. The number of aliphatic hydroxyl groups is 1. The van der Waals surface area contributed by atoms with Gasteiger partial charge in [-0.15, -0.1) is 0 Å². The molecule has 0 unspecified atom stereocenters. The number of carbonyl (C=O) groups is 1. The topological polar surface area (TPSA) is 46.5 Å². The summed E-state index contributed by atoms with van der Waals surface area (Å²) in [5.41, 5.74) is -1.37. The van der Waals surface area contributed by atoms with E-state index in [1.165, 1.54) is 13.8 Å². The van der Waals surface area contributed by atoms with Gasteiger partial charge < -0.3 is 9.84 Å². The van der Waals surface area contributed by atoms with E-state index in [0.29, 0.717) is 0 Å². The second-order valence-electron chi connectivity index (χ2n) is 3.01. The SMILES string of the molecule is CC(C)OC(=O)C(C)(C)O. The van der Waals surface area contributed by atoms with Crippen molar-refractivity contribution >= 4 is 5.97 Å². The molecule has 0 atom stereocenters. The van der Waals surface area contributed by atoms with Crippen molar-refractivity contribution < 1.29 is 14.6 Å². The fourth-order valence-electron chi connectivity index (χ4n) is 0.358. The number of esters is 1. The van der Waals surface area contributed by atoms with Crippen LogP contribution in [0.1, 0.15) is 27.7 Å².